The number of nitrogens with one attached hydrogen (secondary N) is 1. The molecule has 0 saturated heterocycles. The molecule has 2 nitrogen and oxygen atoms in total. The lowest BCUT2D eigenvalue weighted by molar-refractivity contribution is 0.290. The smallest absolute Gasteiger partial charge is 0.0207 e. The third kappa shape index (κ3) is 8.90. The van der Waals surface area contributed by atoms with Gasteiger partial charge in [0.25, 0.3) is 0 Å². The molecule has 2 heteroatoms. The van der Waals surface area contributed by atoms with Crippen LogP contribution in [-0.4, -0.2) is 31.1 Å². The van der Waals surface area contributed by atoms with Crippen molar-refractivity contribution in [3.05, 3.63) is 35.4 Å². The van der Waals surface area contributed by atoms with Crippen LogP contribution in [0.25, 0.3) is 0 Å². The number of hydrogen-bond acceptors (Lipinski definition) is 2. The second kappa shape index (κ2) is 9.97. The Balaban J connectivity index is 2.20. The molecule has 0 bridgehead atoms. The van der Waals surface area contributed by atoms with E-state index < -0.39 is 0 Å². The zero-order chi connectivity index (χ0) is 15.7. The van der Waals surface area contributed by atoms with Crippen molar-refractivity contribution in [3.8, 4) is 0 Å². The van der Waals surface area contributed by atoms with Gasteiger partial charge in [0, 0.05) is 19.1 Å². The highest BCUT2D eigenvalue weighted by Gasteiger charge is 2.02. The minimum Gasteiger partial charge on any atom is -0.310 e. The van der Waals surface area contributed by atoms with Crippen LogP contribution >= 0.6 is 0 Å². The van der Waals surface area contributed by atoms with Crippen LogP contribution in [0.4, 0.5) is 0 Å². The van der Waals surface area contributed by atoms with E-state index in [1.807, 2.05) is 0 Å². The summed E-state index contributed by atoms with van der Waals surface area (Å²) in [5.41, 5.74) is 2.85. The van der Waals surface area contributed by atoms with Crippen LogP contribution in [0, 0.1) is 5.92 Å². The summed E-state index contributed by atoms with van der Waals surface area (Å²) < 4.78 is 0. The van der Waals surface area contributed by atoms with Gasteiger partial charge in [0.05, 0.1) is 0 Å². The van der Waals surface area contributed by atoms with Gasteiger partial charge in [-0.15, -0.1) is 0 Å². The van der Waals surface area contributed by atoms with E-state index in [0.717, 1.165) is 12.5 Å². The van der Waals surface area contributed by atoms with Gasteiger partial charge < -0.3 is 10.2 Å². The molecule has 0 atom stereocenters. The van der Waals surface area contributed by atoms with Gasteiger partial charge in [-0.3, -0.25) is 0 Å². The SMILES string of the molecule is CC(C)CN(C)CCCCc1ccc(CNC(C)C)cc1. The molecule has 0 unspecified atom stereocenters. The topological polar surface area (TPSA) is 15.3 Å². The zero-order valence-electron chi connectivity index (χ0n) is 14.7. The Morgan fingerprint density at radius 1 is 0.952 bits per heavy atom. The maximum Gasteiger partial charge on any atom is 0.0207 e. The van der Waals surface area contributed by atoms with Crippen LogP contribution in [0.3, 0.4) is 0 Å². The lowest BCUT2D eigenvalue weighted by atomic mass is 10.1. The summed E-state index contributed by atoms with van der Waals surface area (Å²) >= 11 is 0. The highest BCUT2D eigenvalue weighted by molar-refractivity contribution is 5.22. The molecule has 0 aliphatic heterocycles. The van der Waals surface area contributed by atoms with Crippen LogP contribution in [0.2, 0.25) is 0 Å². The van der Waals surface area contributed by atoms with E-state index in [0.29, 0.717) is 6.04 Å². The molecule has 120 valence electrons. The third-order valence-corrected chi connectivity index (χ3v) is 3.67. The number of unbranched alkanes of at least 4 members (excludes halogenated alkanes) is 1. The van der Waals surface area contributed by atoms with Gasteiger partial charge in [-0.05, 0) is 49.9 Å². The first-order chi connectivity index (χ1) is 9.97. The Labute approximate surface area is 131 Å². The minimum absolute atomic E-state index is 0.549. The largest absolute Gasteiger partial charge is 0.310 e. The van der Waals surface area contributed by atoms with Crippen molar-refractivity contribution in [2.75, 3.05) is 20.1 Å². The summed E-state index contributed by atoms with van der Waals surface area (Å²) in [7, 11) is 2.23. The van der Waals surface area contributed by atoms with Crippen molar-refractivity contribution < 1.29 is 0 Å². The molecular formula is C19H34N2. The molecule has 1 rings (SSSR count). The summed E-state index contributed by atoms with van der Waals surface area (Å²) in [5.74, 6) is 0.766. The first kappa shape index (κ1) is 18.2. The molecular weight excluding hydrogens is 256 g/mol. The van der Waals surface area contributed by atoms with Gasteiger partial charge in [0.2, 0.25) is 0 Å². The molecule has 0 amide bonds. The number of nitrogens with zero attached hydrogens (tertiary/aromatic N) is 1. The minimum atomic E-state index is 0.549. The highest BCUT2D eigenvalue weighted by atomic mass is 15.1. The third-order valence-electron chi connectivity index (χ3n) is 3.67. The first-order valence-corrected chi connectivity index (χ1v) is 8.47. The van der Waals surface area contributed by atoms with E-state index in [1.165, 1.54) is 43.5 Å². The standard InChI is InChI=1S/C19H34N2/c1-16(2)15-21(5)13-7-6-8-18-9-11-19(12-10-18)14-20-17(3)4/h9-12,16-17,20H,6-8,13-15H2,1-5H3. The van der Waals surface area contributed by atoms with Gasteiger partial charge in [0.1, 0.15) is 0 Å². The molecule has 0 radical (unpaired) electrons. The van der Waals surface area contributed by atoms with Crippen LogP contribution in [-0.2, 0) is 13.0 Å². The molecule has 0 fully saturated rings. The van der Waals surface area contributed by atoms with Crippen molar-refractivity contribution in [2.24, 2.45) is 5.92 Å². The molecule has 0 aliphatic carbocycles. The normalized spacial score (nSPS) is 11.8. The van der Waals surface area contributed by atoms with E-state index in [-0.39, 0.29) is 0 Å². The predicted octanol–water partition coefficient (Wildman–Crippen LogP) is 4.10. The summed E-state index contributed by atoms with van der Waals surface area (Å²) in [6, 6.07) is 9.64. The maximum atomic E-state index is 3.46. The average Bonchev–Trinajstić information content (AvgIpc) is 2.42. The van der Waals surface area contributed by atoms with Gasteiger partial charge in [-0.2, -0.15) is 0 Å². The fraction of sp³-hybridized carbons (Fsp3) is 0.684. The lowest BCUT2D eigenvalue weighted by Gasteiger charge is -2.18. The van der Waals surface area contributed by atoms with E-state index in [4.69, 9.17) is 0 Å². The Morgan fingerprint density at radius 3 is 2.14 bits per heavy atom. The zero-order valence-corrected chi connectivity index (χ0v) is 14.7. The Kier molecular flexibility index (Phi) is 8.63. The average molecular weight is 290 g/mol. The van der Waals surface area contributed by atoms with Crippen LogP contribution in [0.1, 0.15) is 51.7 Å². The van der Waals surface area contributed by atoms with Gasteiger partial charge in [-0.25, -0.2) is 0 Å². The van der Waals surface area contributed by atoms with E-state index in [9.17, 15) is 0 Å². The molecule has 0 spiro atoms. The van der Waals surface area contributed by atoms with E-state index >= 15 is 0 Å². The Hall–Kier alpha value is -0.860. The summed E-state index contributed by atoms with van der Waals surface area (Å²) in [4.78, 5) is 2.45. The highest BCUT2D eigenvalue weighted by Crippen LogP contribution is 2.09. The number of rotatable bonds is 10. The summed E-state index contributed by atoms with van der Waals surface area (Å²) in [6.07, 6.45) is 3.78. The molecule has 0 aliphatic rings. The Bertz CT molecular complexity index is 368. The quantitative estimate of drug-likeness (QED) is 0.653. The molecule has 0 heterocycles. The molecule has 1 aromatic rings. The molecule has 0 saturated carbocycles. The van der Waals surface area contributed by atoms with Crippen molar-refractivity contribution in [1.82, 2.24) is 10.2 Å². The summed E-state index contributed by atoms with van der Waals surface area (Å²) in [6.45, 7) is 12.3. The van der Waals surface area contributed by atoms with Crippen molar-refractivity contribution in [3.63, 3.8) is 0 Å². The van der Waals surface area contributed by atoms with Crippen molar-refractivity contribution >= 4 is 0 Å². The lowest BCUT2D eigenvalue weighted by Crippen LogP contribution is -2.24. The Morgan fingerprint density at radius 2 is 1.57 bits per heavy atom. The molecule has 0 aromatic heterocycles. The number of benzene rings is 1. The second-order valence-corrected chi connectivity index (χ2v) is 6.97. The molecule has 21 heavy (non-hydrogen) atoms. The number of hydrogen-bond donors (Lipinski definition) is 1. The molecule has 1 N–H and O–H groups in total. The van der Waals surface area contributed by atoms with Crippen molar-refractivity contribution in [1.29, 1.82) is 0 Å². The fourth-order valence-electron chi connectivity index (χ4n) is 2.57. The van der Waals surface area contributed by atoms with Gasteiger partial charge in [-0.1, -0.05) is 52.0 Å². The fourth-order valence-corrected chi connectivity index (χ4v) is 2.57. The monoisotopic (exact) mass is 290 g/mol. The van der Waals surface area contributed by atoms with Crippen LogP contribution in [0.15, 0.2) is 24.3 Å². The number of aryl methyl sites for hydroxylation is 1. The van der Waals surface area contributed by atoms with Crippen LogP contribution < -0.4 is 5.32 Å². The van der Waals surface area contributed by atoms with E-state index in [2.05, 4.69) is 69.2 Å². The van der Waals surface area contributed by atoms with Gasteiger partial charge in [0.15, 0.2) is 0 Å². The van der Waals surface area contributed by atoms with Crippen LogP contribution in [0.5, 0.6) is 0 Å². The van der Waals surface area contributed by atoms with Crippen molar-refractivity contribution in [2.45, 2.75) is 59.5 Å². The predicted molar refractivity (Wildman–Crippen MR) is 93.7 cm³/mol. The molecule has 1 aromatic carbocycles. The van der Waals surface area contributed by atoms with Gasteiger partial charge >= 0.3 is 0 Å². The first-order valence-electron chi connectivity index (χ1n) is 8.47. The van der Waals surface area contributed by atoms with E-state index in [1.54, 1.807) is 0 Å². The maximum absolute atomic E-state index is 3.46. The summed E-state index contributed by atoms with van der Waals surface area (Å²) in [5, 5.41) is 3.46. The second-order valence-electron chi connectivity index (χ2n) is 6.97.